The molecule has 72 valence electrons. The first kappa shape index (κ1) is 9.80. The van der Waals surface area contributed by atoms with E-state index in [1.165, 1.54) is 0 Å². The molecular weight excluding hydrogens is 170 g/mol. The summed E-state index contributed by atoms with van der Waals surface area (Å²) < 4.78 is 5.07. The van der Waals surface area contributed by atoms with Crippen molar-refractivity contribution in [1.82, 2.24) is 5.32 Å². The highest BCUT2D eigenvalue weighted by Crippen LogP contribution is 1.99. The molecule has 4 heteroatoms. The molecule has 0 bridgehead atoms. The van der Waals surface area contributed by atoms with Crippen molar-refractivity contribution in [2.45, 2.75) is 13.5 Å². The summed E-state index contributed by atoms with van der Waals surface area (Å²) in [6.45, 7) is 2.69. The Hall–Kier alpha value is -1.29. The maximum absolute atomic E-state index is 10.4. The van der Waals surface area contributed by atoms with Crippen molar-refractivity contribution in [3.05, 3.63) is 24.2 Å². The first-order valence-electron chi connectivity index (χ1n) is 4.16. The third-order valence-corrected chi connectivity index (χ3v) is 1.75. The highest BCUT2D eigenvalue weighted by molar-refractivity contribution is 5.69. The zero-order valence-electron chi connectivity index (χ0n) is 7.49. The predicted octanol–water partition coefficient (Wildman–Crippen LogP) is 1.09. The number of carbonyl (C=O) groups is 1. The number of rotatable bonds is 5. The topological polar surface area (TPSA) is 62.5 Å². The van der Waals surface area contributed by atoms with Crippen LogP contribution in [0.3, 0.4) is 0 Å². The van der Waals surface area contributed by atoms with Gasteiger partial charge in [0, 0.05) is 6.54 Å². The van der Waals surface area contributed by atoms with Gasteiger partial charge in [0.1, 0.15) is 5.76 Å². The lowest BCUT2D eigenvalue weighted by Gasteiger charge is -2.06. The molecule has 13 heavy (non-hydrogen) atoms. The Morgan fingerprint density at radius 1 is 1.77 bits per heavy atom. The summed E-state index contributed by atoms with van der Waals surface area (Å²) in [5, 5.41) is 11.6. The molecule has 1 atom stereocenters. The largest absolute Gasteiger partial charge is 0.481 e. The minimum Gasteiger partial charge on any atom is -0.481 e. The smallest absolute Gasteiger partial charge is 0.307 e. The molecule has 1 heterocycles. The first-order chi connectivity index (χ1) is 6.20. The van der Waals surface area contributed by atoms with Crippen LogP contribution in [0.2, 0.25) is 0 Å². The molecule has 0 saturated carbocycles. The minimum absolute atomic E-state index is 0.366. The Kier molecular flexibility index (Phi) is 3.52. The van der Waals surface area contributed by atoms with Gasteiger partial charge in [-0.15, -0.1) is 0 Å². The van der Waals surface area contributed by atoms with E-state index in [1.54, 1.807) is 19.3 Å². The van der Waals surface area contributed by atoms with Gasteiger partial charge in [-0.3, -0.25) is 4.79 Å². The SMILES string of the molecule is CC(CNCc1ccco1)C(=O)O. The normalized spacial score (nSPS) is 12.7. The fourth-order valence-corrected chi connectivity index (χ4v) is 0.912. The van der Waals surface area contributed by atoms with Gasteiger partial charge in [-0.1, -0.05) is 6.92 Å². The second-order valence-electron chi connectivity index (χ2n) is 2.95. The van der Waals surface area contributed by atoms with E-state index in [0.717, 1.165) is 5.76 Å². The molecule has 0 spiro atoms. The number of nitrogens with one attached hydrogen (secondary N) is 1. The van der Waals surface area contributed by atoms with Gasteiger partial charge < -0.3 is 14.8 Å². The summed E-state index contributed by atoms with van der Waals surface area (Å²) in [6, 6.07) is 3.65. The molecule has 0 aliphatic heterocycles. The van der Waals surface area contributed by atoms with E-state index < -0.39 is 5.97 Å². The van der Waals surface area contributed by atoms with E-state index in [1.807, 2.05) is 6.07 Å². The highest BCUT2D eigenvalue weighted by Gasteiger charge is 2.09. The van der Waals surface area contributed by atoms with Gasteiger partial charge in [0.15, 0.2) is 0 Å². The van der Waals surface area contributed by atoms with E-state index in [4.69, 9.17) is 9.52 Å². The lowest BCUT2D eigenvalue weighted by atomic mass is 10.2. The Balaban J connectivity index is 2.18. The predicted molar refractivity (Wildman–Crippen MR) is 47.2 cm³/mol. The van der Waals surface area contributed by atoms with Crippen LogP contribution in [-0.4, -0.2) is 17.6 Å². The van der Waals surface area contributed by atoms with Crippen LogP contribution < -0.4 is 5.32 Å². The first-order valence-corrected chi connectivity index (χ1v) is 4.16. The van der Waals surface area contributed by atoms with E-state index in [9.17, 15) is 4.79 Å². The summed E-state index contributed by atoms with van der Waals surface area (Å²) in [4.78, 5) is 10.4. The molecule has 1 aromatic heterocycles. The summed E-state index contributed by atoms with van der Waals surface area (Å²) in [5.74, 6) is -0.334. The number of hydrogen-bond donors (Lipinski definition) is 2. The minimum atomic E-state index is -0.785. The highest BCUT2D eigenvalue weighted by atomic mass is 16.4. The lowest BCUT2D eigenvalue weighted by Crippen LogP contribution is -2.25. The summed E-state index contributed by atoms with van der Waals surface area (Å²) >= 11 is 0. The van der Waals surface area contributed by atoms with Gasteiger partial charge >= 0.3 is 5.97 Å². The van der Waals surface area contributed by atoms with Crippen molar-refractivity contribution in [2.24, 2.45) is 5.92 Å². The molecule has 0 aliphatic rings. The second-order valence-corrected chi connectivity index (χ2v) is 2.95. The van der Waals surface area contributed by atoms with Crippen molar-refractivity contribution >= 4 is 5.97 Å². The number of carboxylic acid groups (broad SMARTS) is 1. The monoisotopic (exact) mass is 183 g/mol. The van der Waals surface area contributed by atoms with Gasteiger partial charge in [0.25, 0.3) is 0 Å². The molecule has 1 unspecified atom stereocenters. The lowest BCUT2D eigenvalue weighted by molar-refractivity contribution is -0.140. The molecule has 2 N–H and O–H groups in total. The third-order valence-electron chi connectivity index (χ3n) is 1.75. The number of carboxylic acids is 1. The van der Waals surface area contributed by atoms with E-state index >= 15 is 0 Å². The van der Waals surface area contributed by atoms with Crippen LogP contribution in [0.25, 0.3) is 0 Å². The van der Waals surface area contributed by atoms with Gasteiger partial charge in [-0.05, 0) is 12.1 Å². The molecule has 4 nitrogen and oxygen atoms in total. The third kappa shape index (κ3) is 3.29. The summed E-state index contributed by atoms with van der Waals surface area (Å²) in [7, 11) is 0. The van der Waals surface area contributed by atoms with Crippen LogP contribution >= 0.6 is 0 Å². The number of furan rings is 1. The summed E-state index contributed by atoms with van der Waals surface area (Å²) in [6.07, 6.45) is 1.59. The van der Waals surface area contributed by atoms with Gasteiger partial charge in [0.2, 0.25) is 0 Å². The molecule has 1 aromatic rings. The van der Waals surface area contributed by atoms with Crippen molar-refractivity contribution in [3.63, 3.8) is 0 Å². The Bertz CT molecular complexity index is 256. The average Bonchev–Trinajstić information content (AvgIpc) is 2.56. The van der Waals surface area contributed by atoms with Crippen LogP contribution in [0.1, 0.15) is 12.7 Å². The fraction of sp³-hybridized carbons (Fsp3) is 0.444. The molecule has 0 radical (unpaired) electrons. The zero-order valence-corrected chi connectivity index (χ0v) is 7.49. The fourth-order valence-electron chi connectivity index (χ4n) is 0.912. The van der Waals surface area contributed by atoms with Gasteiger partial charge in [-0.25, -0.2) is 0 Å². The molecule has 0 amide bonds. The number of aliphatic carboxylic acids is 1. The van der Waals surface area contributed by atoms with Crippen molar-refractivity contribution in [2.75, 3.05) is 6.54 Å². The molecule has 0 aliphatic carbocycles. The standard InChI is InChI=1S/C9H13NO3/c1-7(9(11)12)5-10-6-8-3-2-4-13-8/h2-4,7,10H,5-6H2,1H3,(H,11,12). The molecule has 0 aromatic carbocycles. The summed E-state index contributed by atoms with van der Waals surface area (Å²) in [5.41, 5.74) is 0. The molecule has 0 fully saturated rings. The molecule has 0 saturated heterocycles. The molecular formula is C9H13NO3. The second kappa shape index (κ2) is 4.67. The van der Waals surface area contributed by atoms with Crippen LogP contribution in [0.4, 0.5) is 0 Å². The Labute approximate surface area is 76.6 Å². The van der Waals surface area contributed by atoms with Crippen LogP contribution in [0.15, 0.2) is 22.8 Å². The maximum atomic E-state index is 10.4. The van der Waals surface area contributed by atoms with Crippen LogP contribution in [0, 0.1) is 5.92 Å². The van der Waals surface area contributed by atoms with E-state index in [0.29, 0.717) is 13.1 Å². The molecule has 1 rings (SSSR count). The zero-order chi connectivity index (χ0) is 9.68. The quantitative estimate of drug-likeness (QED) is 0.717. The van der Waals surface area contributed by atoms with E-state index in [-0.39, 0.29) is 5.92 Å². The average molecular weight is 183 g/mol. The van der Waals surface area contributed by atoms with Crippen molar-refractivity contribution in [3.8, 4) is 0 Å². The van der Waals surface area contributed by atoms with Crippen LogP contribution in [0.5, 0.6) is 0 Å². The van der Waals surface area contributed by atoms with Gasteiger partial charge in [0.05, 0.1) is 18.7 Å². The Morgan fingerprint density at radius 3 is 3.08 bits per heavy atom. The van der Waals surface area contributed by atoms with Crippen molar-refractivity contribution in [1.29, 1.82) is 0 Å². The maximum Gasteiger partial charge on any atom is 0.307 e. The number of hydrogen-bond acceptors (Lipinski definition) is 3. The van der Waals surface area contributed by atoms with Crippen molar-refractivity contribution < 1.29 is 14.3 Å². The van der Waals surface area contributed by atoms with E-state index in [2.05, 4.69) is 5.32 Å². The Morgan fingerprint density at radius 2 is 2.54 bits per heavy atom. The van der Waals surface area contributed by atoms with Gasteiger partial charge in [-0.2, -0.15) is 0 Å². The van der Waals surface area contributed by atoms with Crippen LogP contribution in [-0.2, 0) is 11.3 Å².